The Labute approximate surface area is 167 Å². The predicted molar refractivity (Wildman–Crippen MR) is 108 cm³/mol. The molecule has 8 heteroatoms. The summed E-state index contributed by atoms with van der Waals surface area (Å²) >= 11 is 0. The second-order valence-electron chi connectivity index (χ2n) is 6.88. The van der Waals surface area contributed by atoms with E-state index in [0.29, 0.717) is 43.3 Å². The number of nitrogens with one attached hydrogen (secondary N) is 1. The lowest BCUT2D eigenvalue weighted by Crippen LogP contribution is -2.49. The Balaban J connectivity index is 1.59. The Morgan fingerprint density at radius 3 is 2.76 bits per heavy atom. The quantitative estimate of drug-likeness (QED) is 0.688. The lowest BCUT2D eigenvalue weighted by Gasteiger charge is -2.38. The number of pyridine rings is 1. The van der Waals surface area contributed by atoms with Gasteiger partial charge in [-0.15, -0.1) is 0 Å². The summed E-state index contributed by atoms with van der Waals surface area (Å²) in [6.07, 6.45) is 3.42. The minimum Gasteiger partial charge on any atom is -0.495 e. The van der Waals surface area contributed by atoms with Crippen LogP contribution in [-0.2, 0) is 4.79 Å². The number of H-pyrrole nitrogens is 1. The zero-order valence-electron chi connectivity index (χ0n) is 16.0. The van der Waals surface area contributed by atoms with Gasteiger partial charge in [0.25, 0.3) is 0 Å². The number of nitriles is 1. The van der Waals surface area contributed by atoms with Crippen molar-refractivity contribution in [1.29, 1.82) is 5.26 Å². The number of fused-ring (bicyclic) bond motifs is 1. The standard InChI is InChI=1S/C21H21N5O3/c1-29-17-6-2-5-15-16(13-24-18(15)17)19(21(27)28)25-8-10-26(11-9-25)20-14(12-22)4-3-7-23-20/h2-7,13,19,24H,8-11H2,1H3,(H,27,28)/t19-/m0/s1. The summed E-state index contributed by atoms with van der Waals surface area (Å²) in [5, 5.41) is 20.1. The van der Waals surface area contributed by atoms with Crippen molar-refractivity contribution >= 4 is 22.7 Å². The number of carboxylic acid groups (broad SMARTS) is 1. The average Bonchev–Trinajstić information content (AvgIpc) is 3.18. The molecule has 0 aliphatic carbocycles. The van der Waals surface area contributed by atoms with Crippen LogP contribution >= 0.6 is 0 Å². The van der Waals surface area contributed by atoms with Crippen molar-refractivity contribution in [2.24, 2.45) is 0 Å². The SMILES string of the molecule is COc1cccc2c([C@@H](C(=O)O)N3CCN(c4ncccc4C#N)CC3)c[nH]c12. The molecule has 3 heterocycles. The van der Waals surface area contributed by atoms with Crippen molar-refractivity contribution in [1.82, 2.24) is 14.9 Å². The molecule has 4 rings (SSSR count). The fraction of sp³-hybridized carbons (Fsp3) is 0.286. The third-order valence-corrected chi connectivity index (χ3v) is 5.34. The summed E-state index contributed by atoms with van der Waals surface area (Å²) in [5.74, 6) is 0.443. The van der Waals surface area contributed by atoms with Crippen LogP contribution in [0.3, 0.4) is 0 Å². The van der Waals surface area contributed by atoms with Crippen molar-refractivity contribution in [3.8, 4) is 11.8 Å². The lowest BCUT2D eigenvalue weighted by molar-refractivity contribution is -0.143. The lowest BCUT2D eigenvalue weighted by atomic mass is 10.0. The molecule has 8 nitrogen and oxygen atoms in total. The second kappa shape index (κ2) is 7.81. The summed E-state index contributed by atoms with van der Waals surface area (Å²) in [4.78, 5) is 23.7. The maximum atomic E-state index is 12.2. The van der Waals surface area contributed by atoms with Gasteiger partial charge in [0.1, 0.15) is 23.7 Å². The number of carboxylic acids is 1. The summed E-state index contributed by atoms with van der Waals surface area (Å²) in [7, 11) is 1.59. The third-order valence-electron chi connectivity index (χ3n) is 5.34. The van der Waals surface area contributed by atoms with E-state index in [1.165, 1.54) is 0 Å². The zero-order chi connectivity index (χ0) is 20.4. The average molecular weight is 391 g/mol. The van der Waals surface area contributed by atoms with Crippen LogP contribution in [-0.4, -0.2) is 59.2 Å². The van der Waals surface area contributed by atoms with Crippen LogP contribution in [0.5, 0.6) is 5.75 Å². The van der Waals surface area contributed by atoms with Crippen LogP contribution in [0.25, 0.3) is 10.9 Å². The van der Waals surface area contributed by atoms with E-state index in [1.807, 2.05) is 28.0 Å². The molecule has 0 unspecified atom stereocenters. The number of aromatic amines is 1. The van der Waals surface area contributed by atoms with E-state index in [4.69, 9.17) is 4.74 Å². The van der Waals surface area contributed by atoms with Crippen LogP contribution in [0.4, 0.5) is 5.82 Å². The topological polar surface area (TPSA) is 105 Å². The predicted octanol–water partition coefficient (Wildman–Crippen LogP) is 2.39. The first kappa shape index (κ1) is 18.8. The van der Waals surface area contributed by atoms with Crippen molar-refractivity contribution < 1.29 is 14.6 Å². The Morgan fingerprint density at radius 1 is 1.28 bits per heavy atom. The van der Waals surface area contributed by atoms with E-state index < -0.39 is 12.0 Å². The highest BCUT2D eigenvalue weighted by molar-refractivity contribution is 5.92. The van der Waals surface area contributed by atoms with Gasteiger partial charge < -0.3 is 19.7 Å². The molecule has 2 aromatic heterocycles. The molecule has 0 bridgehead atoms. The number of benzene rings is 1. The van der Waals surface area contributed by atoms with Crippen LogP contribution < -0.4 is 9.64 Å². The molecule has 0 spiro atoms. The molecule has 3 aromatic rings. The van der Waals surface area contributed by atoms with Gasteiger partial charge in [-0.25, -0.2) is 4.98 Å². The highest BCUT2D eigenvalue weighted by atomic mass is 16.5. The fourth-order valence-electron chi connectivity index (χ4n) is 3.96. The highest BCUT2D eigenvalue weighted by Crippen LogP contribution is 2.33. The number of ether oxygens (including phenoxy) is 1. The number of aromatic nitrogens is 2. The van der Waals surface area contributed by atoms with Crippen molar-refractivity contribution in [2.45, 2.75) is 6.04 Å². The molecule has 0 radical (unpaired) electrons. The fourth-order valence-corrected chi connectivity index (χ4v) is 3.96. The number of carbonyl (C=O) groups is 1. The first-order valence-corrected chi connectivity index (χ1v) is 9.35. The smallest absolute Gasteiger partial charge is 0.325 e. The largest absolute Gasteiger partial charge is 0.495 e. The van der Waals surface area contributed by atoms with E-state index in [1.54, 1.807) is 31.6 Å². The Morgan fingerprint density at radius 2 is 2.07 bits per heavy atom. The summed E-state index contributed by atoms with van der Waals surface area (Å²) in [6, 6.07) is 10.5. The molecule has 1 aliphatic heterocycles. The monoisotopic (exact) mass is 391 g/mol. The number of rotatable bonds is 5. The van der Waals surface area contributed by atoms with Crippen molar-refractivity contribution in [3.63, 3.8) is 0 Å². The number of nitrogens with zero attached hydrogens (tertiary/aromatic N) is 4. The van der Waals surface area contributed by atoms with Gasteiger partial charge in [-0.05, 0) is 18.2 Å². The summed E-state index contributed by atoms with van der Waals surface area (Å²) in [6.45, 7) is 2.30. The Hall–Kier alpha value is -3.57. The zero-order valence-corrected chi connectivity index (χ0v) is 16.0. The molecule has 1 atom stereocenters. The molecule has 2 N–H and O–H groups in total. The Kier molecular flexibility index (Phi) is 5.06. The number of aliphatic carboxylic acids is 1. The molecular weight excluding hydrogens is 370 g/mol. The normalized spacial score (nSPS) is 15.8. The van der Waals surface area contributed by atoms with E-state index in [0.717, 1.165) is 16.5 Å². The molecule has 1 aromatic carbocycles. The first-order chi connectivity index (χ1) is 14.1. The number of methoxy groups -OCH3 is 1. The first-order valence-electron chi connectivity index (χ1n) is 9.35. The van der Waals surface area contributed by atoms with Gasteiger partial charge in [0.05, 0.1) is 18.2 Å². The second-order valence-corrected chi connectivity index (χ2v) is 6.88. The summed E-state index contributed by atoms with van der Waals surface area (Å²) in [5.41, 5.74) is 2.04. The minimum atomic E-state index is -0.891. The van der Waals surface area contributed by atoms with Gasteiger partial charge in [0, 0.05) is 49.5 Å². The molecule has 1 fully saturated rings. The van der Waals surface area contributed by atoms with E-state index in [9.17, 15) is 15.2 Å². The molecule has 148 valence electrons. The number of anilines is 1. The summed E-state index contributed by atoms with van der Waals surface area (Å²) < 4.78 is 5.38. The Bertz CT molecular complexity index is 1080. The van der Waals surface area contributed by atoms with Crippen molar-refractivity contribution in [2.75, 3.05) is 38.2 Å². The molecule has 1 aliphatic rings. The van der Waals surface area contributed by atoms with Gasteiger partial charge in [-0.1, -0.05) is 12.1 Å². The molecule has 29 heavy (non-hydrogen) atoms. The van der Waals surface area contributed by atoms with E-state index >= 15 is 0 Å². The van der Waals surface area contributed by atoms with Crippen molar-refractivity contribution in [3.05, 3.63) is 53.9 Å². The molecule has 1 saturated heterocycles. The number of hydrogen-bond acceptors (Lipinski definition) is 6. The molecule has 0 saturated carbocycles. The number of para-hydroxylation sites is 1. The van der Waals surface area contributed by atoms with Gasteiger partial charge in [-0.2, -0.15) is 5.26 Å². The van der Waals surface area contributed by atoms with E-state index in [2.05, 4.69) is 16.0 Å². The van der Waals surface area contributed by atoms with Gasteiger partial charge in [0.15, 0.2) is 0 Å². The molecule has 0 amide bonds. The maximum absolute atomic E-state index is 12.2. The van der Waals surface area contributed by atoms with Crippen LogP contribution in [0.15, 0.2) is 42.7 Å². The third kappa shape index (κ3) is 3.37. The van der Waals surface area contributed by atoms with Crippen LogP contribution in [0, 0.1) is 11.3 Å². The van der Waals surface area contributed by atoms with Gasteiger partial charge >= 0.3 is 5.97 Å². The number of piperazine rings is 1. The van der Waals surface area contributed by atoms with E-state index in [-0.39, 0.29) is 0 Å². The van der Waals surface area contributed by atoms with Gasteiger partial charge in [0.2, 0.25) is 0 Å². The minimum absolute atomic E-state index is 0.527. The highest BCUT2D eigenvalue weighted by Gasteiger charge is 2.33. The number of hydrogen-bond donors (Lipinski definition) is 2. The van der Waals surface area contributed by atoms with Crippen LogP contribution in [0.2, 0.25) is 0 Å². The van der Waals surface area contributed by atoms with Gasteiger partial charge in [-0.3, -0.25) is 9.69 Å². The van der Waals surface area contributed by atoms with Crippen LogP contribution in [0.1, 0.15) is 17.2 Å². The maximum Gasteiger partial charge on any atom is 0.325 e. The molecular formula is C21H21N5O3.